The molecule has 1 aromatic rings. The third kappa shape index (κ3) is 1.71. The Morgan fingerprint density at radius 2 is 1.71 bits per heavy atom. The Balaban J connectivity index is 2.46. The molecule has 2 rings (SSSR count). The van der Waals surface area contributed by atoms with Crippen molar-refractivity contribution in [3.8, 4) is 0 Å². The predicted molar refractivity (Wildman–Crippen MR) is 42.5 cm³/mol. The lowest BCUT2D eigenvalue weighted by Crippen LogP contribution is -2.06. The predicted octanol–water partition coefficient (Wildman–Crippen LogP) is 2.75. The molecule has 0 bridgehead atoms. The van der Waals surface area contributed by atoms with Gasteiger partial charge in [-0.1, -0.05) is 0 Å². The Morgan fingerprint density at radius 1 is 1.07 bits per heavy atom. The van der Waals surface area contributed by atoms with Gasteiger partial charge >= 0.3 is 6.18 Å². The number of rotatable bonds is 1. The molecule has 1 aromatic carbocycles. The van der Waals surface area contributed by atoms with Crippen molar-refractivity contribution in [3.63, 3.8) is 0 Å². The average molecular weight is 203 g/mol. The first-order valence-corrected chi connectivity index (χ1v) is 3.82. The highest BCUT2D eigenvalue weighted by atomic mass is 19.4. The van der Waals surface area contributed by atoms with E-state index in [1.165, 1.54) is 6.20 Å². The van der Waals surface area contributed by atoms with Crippen molar-refractivity contribution in [1.29, 1.82) is 0 Å². The van der Waals surface area contributed by atoms with E-state index in [0.717, 1.165) is 12.1 Å². The summed E-state index contributed by atoms with van der Waals surface area (Å²) in [4.78, 5) is 0. The van der Waals surface area contributed by atoms with Gasteiger partial charge in [0.2, 0.25) is 0 Å². The molecule has 0 atom stereocenters. The van der Waals surface area contributed by atoms with Gasteiger partial charge in [0.1, 0.15) is 5.82 Å². The monoisotopic (exact) mass is 203 g/mol. The molecule has 74 valence electrons. The first-order valence-electron chi connectivity index (χ1n) is 3.82. The summed E-state index contributed by atoms with van der Waals surface area (Å²) in [7, 11) is 0. The third-order valence-electron chi connectivity index (χ3n) is 1.82. The largest absolute Gasteiger partial charge is 0.416 e. The Bertz CT molecular complexity index is 406. The lowest BCUT2D eigenvalue weighted by molar-refractivity contribution is -0.137. The molecular weight excluding hydrogens is 198 g/mol. The second kappa shape index (κ2) is 2.73. The summed E-state index contributed by atoms with van der Waals surface area (Å²) in [6.45, 7) is 0. The highest BCUT2D eigenvalue weighted by Crippen LogP contribution is 2.32. The molecule has 0 aliphatic carbocycles. The fraction of sp³-hybridized carbons (Fsp3) is 0.111. The minimum absolute atomic E-state index is 0.220. The molecule has 1 aliphatic rings. The van der Waals surface area contributed by atoms with E-state index in [1.54, 1.807) is 0 Å². The molecule has 1 N–H and O–H groups in total. The zero-order valence-electron chi connectivity index (χ0n) is 6.82. The van der Waals surface area contributed by atoms with Crippen LogP contribution in [0.3, 0.4) is 0 Å². The summed E-state index contributed by atoms with van der Waals surface area (Å²) in [6, 6.07) is 2.45. The molecule has 1 nitrogen and oxygen atoms in total. The van der Waals surface area contributed by atoms with Crippen molar-refractivity contribution in [1.82, 2.24) is 5.32 Å². The van der Waals surface area contributed by atoms with Gasteiger partial charge in [-0.15, -0.1) is 0 Å². The van der Waals surface area contributed by atoms with Crippen LogP contribution in [0.5, 0.6) is 0 Å². The molecular formula is C9H5F4N. The number of nitrogens with one attached hydrogen (secondary N) is 1. The van der Waals surface area contributed by atoms with Gasteiger partial charge < -0.3 is 5.32 Å². The fourth-order valence-corrected chi connectivity index (χ4v) is 1.11. The Hall–Kier alpha value is -1.52. The van der Waals surface area contributed by atoms with Crippen LogP contribution < -0.4 is 5.32 Å². The van der Waals surface area contributed by atoms with Crippen LogP contribution in [-0.2, 0) is 6.18 Å². The first-order chi connectivity index (χ1) is 6.47. The second-order valence-electron chi connectivity index (χ2n) is 2.93. The third-order valence-corrected chi connectivity index (χ3v) is 1.82. The molecule has 14 heavy (non-hydrogen) atoms. The van der Waals surface area contributed by atoms with Gasteiger partial charge in [-0.3, -0.25) is 0 Å². The molecule has 0 fully saturated rings. The van der Waals surface area contributed by atoms with Crippen LogP contribution in [0.15, 0.2) is 24.4 Å². The van der Waals surface area contributed by atoms with E-state index in [-0.39, 0.29) is 5.56 Å². The maximum Gasteiger partial charge on any atom is 0.416 e. The fourth-order valence-electron chi connectivity index (χ4n) is 1.11. The van der Waals surface area contributed by atoms with Crippen LogP contribution in [0.2, 0.25) is 0 Å². The summed E-state index contributed by atoms with van der Waals surface area (Å²) in [5.41, 5.74) is -0.227. The molecule has 0 unspecified atom stereocenters. The van der Waals surface area contributed by atoms with Crippen LogP contribution >= 0.6 is 0 Å². The van der Waals surface area contributed by atoms with Gasteiger partial charge in [-0.05, 0) is 18.2 Å². The Kier molecular flexibility index (Phi) is 1.77. The molecule has 5 heteroatoms. The molecule has 0 spiro atoms. The summed E-state index contributed by atoms with van der Waals surface area (Å²) in [5, 5.41) is 2.61. The van der Waals surface area contributed by atoms with Crippen molar-refractivity contribution in [2.45, 2.75) is 6.18 Å². The molecule has 0 aromatic heterocycles. The van der Waals surface area contributed by atoms with Crippen LogP contribution in [0.1, 0.15) is 11.1 Å². The quantitative estimate of drug-likeness (QED) is 0.696. The second-order valence-corrected chi connectivity index (χ2v) is 2.93. The molecule has 0 radical (unpaired) electrons. The van der Waals surface area contributed by atoms with Crippen molar-refractivity contribution in [2.24, 2.45) is 0 Å². The van der Waals surface area contributed by atoms with Crippen LogP contribution in [-0.4, -0.2) is 0 Å². The number of hydrogen-bond acceptors (Lipinski definition) is 1. The van der Waals surface area contributed by atoms with Gasteiger partial charge in [0.25, 0.3) is 0 Å². The highest BCUT2D eigenvalue weighted by molar-refractivity contribution is 5.74. The lowest BCUT2D eigenvalue weighted by Gasteiger charge is -2.07. The van der Waals surface area contributed by atoms with Gasteiger partial charge in [0.05, 0.1) is 11.3 Å². The van der Waals surface area contributed by atoms with E-state index in [4.69, 9.17) is 0 Å². The number of alkyl halides is 3. The molecule has 0 saturated carbocycles. The number of halogens is 4. The van der Waals surface area contributed by atoms with Crippen molar-refractivity contribution in [3.05, 3.63) is 41.3 Å². The topological polar surface area (TPSA) is 21.9 Å². The van der Waals surface area contributed by atoms with E-state index >= 15 is 0 Å². The van der Waals surface area contributed by atoms with Gasteiger partial charge in [-0.25, -0.2) is 4.39 Å². The maximum atomic E-state index is 12.8. The van der Waals surface area contributed by atoms with Crippen molar-refractivity contribution in [2.75, 3.05) is 0 Å². The number of hydrogen-bond donors (Lipinski definition) is 1. The molecule has 0 amide bonds. The first kappa shape index (κ1) is 9.05. The summed E-state index contributed by atoms with van der Waals surface area (Å²) < 4.78 is 49.5. The normalized spacial score (nSPS) is 14.7. The summed E-state index contributed by atoms with van der Waals surface area (Å²) in [5.74, 6) is -0.885. The van der Waals surface area contributed by atoms with E-state index < -0.39 is 17.6 Å². The molecule has 0 saturated heterocycles. The van der Waals surface area contributed by atoms with Crippen LogP contribution in [0.25, 0.3) is 5.70 Å². The van der Waals surface area contributed by atoms with Crippen LogP contribution in [0, 0.1) is 5.82 Å². The minimum atomic E-state index is -4.51. The van der Waals surface area contributed by atoms with Crippen molar-refractivity contribution >= 4 is 5.70 Å². The van der Waals surface area contributed by atoms with E-state index in [2.05, 4.69) is 5.32 Å². The Morgan fingerprint density at radius 3 is 2.21 bits per heavy atom. The lowest BCUT2D eigenvalue weighted by atomic mass is 10.1. The van der Waals surface area contributed by atoms with Gasteiger partial charge in [0.15, 0.2) is 0 Å². The molecule has 1 heterocycles. The highest BCUT2D eigenvalue weighted by Gasteiger charge is 2.32. The van der Waals surface area contributed by atoms with Gasteiger partial charge in [-0.2, -0.15) is 13.2 Å². The summed E-state index contributed by atoms with van der Waals surface area (Å²) in [6.07, 6.45) is -3.00. The smallest absolute Gasteiger partial charge is 0.358 e. The van der Waals surface area contributed by atoms with E-state index in [1.807, 2.05) is 0 Å². The van der Waals surface area contributed by atoms with E-state index in [0.29, 0.717) is 11.8 Å². The van der Waals surface area contributed by atoms with Crippen molar-refractivity contribution < 1.29 is 17.6 Å². The summed E-state index contributed by atoms with van der Waals surface area (Å²) >= 11 is 0. The van der Waals surface area contributed by atoms with Gasteiger partial charge in [0, 0.05) is 11.8 Å². The zero-order valence-corrected chi connectivity index (χ0v) is 6.82. The standard InChI is InChI=1S/C9H5F4N/c10-7-2-5(8-4-14-8)1-6(3-7)9(11,12)13/h1-4,14H. The minimum Gasteiger partial charge on any atom is -0.358 e. The maximum absolute atomic E-state index is 12.8. The number of benzene rings is 1. The van der Waals surface area contributed by atoms with Crippen LogP contribution in [0.4, 0.5) is 17.6 Å². The zero-order chi connectivity index (χ0) is 10.3. The SMILES string of the molecule is Fc1cc(C2=CN2)cc(C(F)(F)F)c1. The Labute approximate surface area is 77.0 Å². The average Bonchev–Trinajstić information content (AvgIpc) is 2.83. The molecule has 1 aliphatic heterocycles. The van der Waals surface area contributed by atoms with E-state index in [9.17, 15) is 17.6 Å².